The zero-order chi connectivity index (χ0) is 15.8. The van der Waals surface area contributed by atoms with E-state index in [0.717, 1.165) is 11.1 Å². The second kappa shape index (κ2) is 5.44. The highest BCUT2D eigenvalue weighted by Crippen LogP contribution is 2.32. The van der Waals surface area contributed by atoms with Crippen molar-refractivity contribution in [1.29, 1.82) is 0 Å². The van der Waals surface area contributed by atoms with Gasteiger partial charge in [-0.05, 0) is 18.1 Å². The highest BCUT2D eigenvalue weighted by molar-refractivity contribution is 6.05. The maximum absolute atomic E-state index is 11.0. The molecule has 0 radical (unpaired) electrons. The molecule has 2 atom stereocenters. The quantitative estimate of drug-likeness (QED) is 0.791. The maximum atomic E-state index is 11.0. The molecule has 0 saturated heterocycles. The van der Waals surface area contributed by atoms with Gasteiger partial charge in [0, 0.05) is 0 Å². The Hall–Kier alpha value is -2.79. The van der Waals surface area contributed by atoms with Gasteiger partial charge in [0.05, 0.1) is 5.71 Å². The topological polar surface area (TPSA) is 63.3 Å². The molecule has 5 heteroatoms. The number of fused-ring (bicyclic) bond motifs is 1. The molecule has 23 heavy (non-hydrogen) atoms. The second-order valence-corrected chi connectivity index (χ2v) is 5.57. The lowest BCUT2D eigenvalue weighted by atomic mass is 9.93. The van der Waals surface area contributed by atoms with Crippen LogP contribution in [0.25, 0.3) is 0 Å². The number of hydrogen-bond donors (Lipinski definition) is 1. The van der Waals surface area contributed by atoms with E-state index >= 15 is 0 Å². The van der Waals surface area contributed by atoms with Crippen molar-refractivity contribution in [3.8, 4) is 0 Å². The van der Waals surface area contributed by atoms with Crippen LogP contribution in [0.4, 0.5) is 5.95 Å². The van der Waals surface area contributed by atoms with Crippen molar-refractivity contribution in [1.82, 2.24) is 14.8 Å². The summed E-state index contributed by atoms with van der Waals surface area (Å²) in [6.07, 6.45) is -0.784. The van der Waals surface area contributed by atoms with Crippen LogP contribution in [-0.2, 0) is 0 Å². The molecule has 1 N–H and O–H groups in total. The molecular weight excluding hydrogens is 288 g/mol. The predicted octanol–water partition coefficient (Wildman–Crippen LogP) is 2.67. The standard InChI is InChI=1S/C18H16N4O/c1-12-19-18-20-15(13-8-4-2-5-9-13)17(23)16(22(18)21-12)14-10-6-3-7-11-14/h2-11,16-17,23H,1H3/t16-,17-/m1/s1. The van der Waals surface area contributed by atoms with E-state index in [-0.39, 0.29) is 6.04 Å². The molecule has 2 aromatic carbocycles. The number of nitrogens with zero attached hydrogens (tertiary/aromatic N) is 4. The smallest absolute Gasteiger partial charge is 0.249 e. The Kier molecular flexibility index (Phi) is 3.28. The molecule has 4 rings (SSSR count). The molecule has 0 amide bonds. The number of hydrogen-bond acceptors (Lipinski definition) is 4. The first-order valence-corrected chi connectivity index (χ1v) is 7.54. The molecule has 0 bridgehead atoms. The number of aliphatic hydroxyl groups excluding tert-OH is 1. The summed E-state index contributed by atoms with van der Waals surface area (Å²) in [7, 11) is 0. The van der Waals surface area contributed by atoms with E-state index in [0.29, 0.717) is 17.5 Å². The average Bonchev–Trinajstić information content (AvgIpc) is 2.95. The third-order valence-corrected chi connectivity index (χ3v) is 3.99. The maximum Gasteiger partial charge on any atom is 0.249 e. The molecule has 114 valence electrons. The Morgan fingerprint density at radius 2 is 1.61 bits per heavy atom. The van der Waals surface area contributed by atoms with Gasteiger partial charge in [0.1, 0.15) is 18.0 Å². The van der Waals surface area contributed by atoms with E-state index in [4.69, 9.17) is 0 Å². The van der Waals surface area contributed by atoms with Crippen LogP contribution in [0.3, 0.4) is 0 Å². The third-order valence-electron chi connectivity index (χ3n) is 3.99. The van der Waals surface area contributed by atoms with Crippen LogP contribution in [0, 0.1) is 6.92 Å². The number of rotatable bonds is 2. The fourth-order valence-electron chi connectivity index (χ4n) is 2.96. The van der Waals surface area contributed by atoms with Crippen molar-refractivity contribution < 1.29 is 5.11 Å². The summed E-state index contributed by atoms with van der Waals surface area (Å²) < 4.78 is 1.71. The van der Waals surface area contributed by atoms with E-state index < -0.39 is 6.10 Å². The highest BCUT2D eigenvalue weighted by Gasteiger charge is 2.35. The predicted molar refractivity (Wildman–Crippen MR) is 88.0 cm³/mol. The summed E-state index contributed by atoms with van der Waals surface area (Å²) >= 11 is 0. The molecular formula is C18H16N4O. The van der Waals surface area contributed by atoms with Crippen molar-refractivity contribution in [2.45, 2.75) is 19.1 Å². The van der Waals surface area contributed by atoms with E-state index in [9.17, 15) is 5.11 Å². The van der Waals surface area contributed by atoms with E-state index in [2.05, 4.69) is 15.1 Å². The van der Waals surface area contributed by atoms with Gasteiger partial charge in [0.15, 0.2) is 0 Å². The molecule has 0 fully saturated rings. The first-order valence-electron chi connectivity index (χ1n) is 7.54. The largest absolute Gasteiger partial charge is 0.384 e. The number of aliphatic imine (C=N–C) groups is 1. The fraction of sp³-hybridized carbons (Fsp3) is 0.167. The minimum Gasteiger partial charge on any atom is -0.384 e. The first kappa shape index (κ1) is 13.8. The number of aryl methyl sites for hydroxylation is 1. The van der Waals surface area contributed by atoms with Gasteiger partial charge in [-0.1, -0.05) is 60.7 Å². The molecule has 0 saturated carbocycles. The van der Waals surface area contributed by atoms with Crippen LogP contribution in [0.15, 0.2) is 65.7 Å². The molecule has 1 aliphatic rings. The van der Waals surface area contributed by atoms with Crippen molar-refractivity contribution in [2.75, 3.05) is 0 Å². The minimum atomic E-state index is -0.784. The normalized spacial score (nSPS) is 20.0. The fourth-order valence-corrected chi connectivity index (χ4v) is 2.96. The van der Waals surface area contributed by atoms with Crippen molar-refractivity contribution in [3.63, 3.8) is 0 Å². The van der Waals surface area contributed by atoms with E-state index in [1.165, 1.54) is 0 Å². The molecule has 0 spiro atoms. The summed E-state index contributed by atoms with van der Waals surface area (Å²) in [5.41, 5.74) is 2.50. The van der Waals surface area contributed by atoms with Crippen LogP contribution in [0.5, 0.6) is 0 Å². The third kappa shape index (κ3) is 2.35. The summed E-state index contributed by atoms with van der Waals surface area (Å²) in [6, 6.07) is 19.2. The lowest BCUT2D eigenvalue weighted by Gasteiger charge is -2.29. The van der Waals surface area contributed by atoms with Crippen molar-refractivity contribution in [3.05, 3.63) is 77.6 Å². The van der Waals surface area contributed by atoms with Gasteiger partial charge in [-0.25, -0.2) is 9.67 Å². The zero-order valence-electron chi connectivity index (χ0n) is 12.7. The Bertz CT molecular complexity index is 855. The second-order valence-electron chi connectivity index (χ2n) is 5.57. The van der Waals surface area contributed by atoms with Crippen LogP contribution in [0.1, 0.15) is 23.0 Å². The monoisotopic (exact) mass is 304 g/mol. The molecule has 0 unspecified atom stereocenters. The van der Waals surface area contributed by atoms with Crippen LogP contribution in [-0.4, -0.2) is 31.7 Å². The van der Waals surface area contributed by atoms with Crippen LogP contribution >= 0.6 is 0 Å². The number of benzene rings is 2. The average molecular weight is 304 g/mol. The number of aliphatic hydroxyl groups is 1. The van der Waals surface area contributed by atoms with Crippen molar-refractivity contribution in [2.24, 2.45) is 4.99 Å². The van der Waals surface area contributed by atoms with E-state index in [1.54, 1.807) is 4.68 Å². The summed E-state index contributed by atoms with van der Waals surface area (Å²) in [6.45, 7) is 1.83. The Balaban J connectivity index is 1.90. The lowest BCUT2D eigenvalue weighted by molar-refractivity contribution is 0.183. The Morgan fingerprint density at radius 1 is 0.957 bits per heavy atom. The van der Waals surface area contributed by atoms with Gasteiger partial charge in [0.2, 0.25) is 5.95 Å². The molecule has 1 aliphatic heterocycles. The number of aromatic nitrogens is 3. The highest BCUT2D eigenvalue weighted by atomic mass is 16.3. The van der Waals surface area contributed by atoms with Crippen molar-refractivity contribution >= 4 is 11.7 Å². The molecule has 0 aliphatic carbocycles. The van der Waals surface area contributed by atoms with Gasteiger partial charge < -0.3 is 5.11 Å². The van der Waals surface area contributed by atoms with E-state index in [1.807, 2.05) is 67.6 Å². The molecule has 1 aromatic heterocycles. The molecule has 5 nitrogen and oxygen atoms in total. The van der Waals surface area contributed by atoms with Gasteiger partial charge in [-0.2, -0.15) is 10.1 Å². The van der Waals surface area contributed by atoms with Gasteiger partial charge in [-0.3, -0.25) is 0 Å². The first-order chi connectivity index (χ1) is 11.2. The Labute approximate surface area is 134 Å². The minimum absolute atomic E-state index is 0.333. The summed E-state index contributed by atoms with van der Waals surface area (Å²) in [4.78, 5) is 8.94. The Morgan fingerprint density at radius 3 is 2.30 bits per heavy atom. The lowest BCUT2D eigenvalue weighted by Crippen LogP contribution is -2.36. The van der Waals surface area contributed by atoms with Gasteiger partial charge >= 0.3 is 0 Å². The summed E-state index contributed by atoms with van der Waals surface area (Å²) in [5, 5.41) is 15.4. The molecule has 2 heterocycles. The van der Waals surface area contributed by atoms with Crippen LogP contribution in [0.2, 0.25) is 0 Å². The summed E-state index contributed by atoms with van der Waals surface area (Å²) in [5.74, 6) is 1.17. The zero-order valence-corrected chi connectivity index (χ0v) is 12.7. The molecule has 3 aromatic rings. The van der Waals surface area contributed by atoms with Gasteiger partial charge in [-0.15, -0.1) is 0 Å². The van der Waals surface area contributed by atoms with Crippen LogP contribution < -0.4 is 0 Å². The van der Waals surface area contributed by atoms with Gasteiger partial charge in [0.25, 0.3) is 0 Å². The SMILES string of the molecule is Cc1nc2n(n1)[C@H](c1ccccc1)[C@H](O)C(c1ccccc1)=N2.